The summed E-state index contributed by atoms with van der Waals surface area (Å²) in [4.78, 5) is 13.8. The van der Waals surface area contributed by atoms with Crippen LogP contribution in [0, 0.1) is 5.41 Å². The molecule has 1 fully saturated rings. The number of amides is 1. The Morgan fingerprint density at radius 1 is 1.47 bits per heavy atom. The van der Waals surface area contributed by atoms with Crippen LogP contribution >= 0.6 is 12.4 Å². The molecular weight excluding hydrogens is 290 g/mol. The highest BCUT2D eigenvalue weighted by Crippen LogP contribution is 2.27. The van der Waals surface area contributed by atoms with Crippen molar-refractivity contribution in [2.24, 2.45) is 11.1 Å². The number of likely N-dealkylation sites (tertiary alicyclic amines) is 1. The summed E-state index contributed by atoms with van der Waals surface area (Å²) in [6.07, 6.45) is 1.79. The number of hydrogen-bond donors (Lipinski definition) is 2. The molecule has 2 atom stereocenters. The molecule has 0 saturated carbocycles. The van der Waals surface area contributed by atoms with E-state index in [-0.39, 0.29) is 29.8 Å². The van der Waals surface area contributed by atoms with Crippen molar-refractivity contribution in [1.82, 2.24) is 9.62 Å². The van der Waals surface area contributed by atoms with Gasteiger partial charge in [-0.05, 0) is 18.8 Å². The van der Waals surface area contributed by atoms with Gasteiger partial charge in [0.25, 0.3) is 0 Å². The maximum absolute atomic E-state index is 12.1. The minimum absolute atomic E-state index is 0. The van der Waals surface area contributed by atoms with Crippen molar-refractivity contribution in [3.63, 3.8) is 0 Å². The van der Waals surface area contributed by atoms with Crippen LogP contribution in [0.3, 0.4) is 0 Å². The van der Waals surface area contributed by atoms with E-state index in [0.29, 0.717) is 13.1 Å². The number of halogens is 1. The van der Waals surface area contributed by atoms with Gasteiger partial charge in [0.05, 0.1) is 12.3 Å². The van der Waals surface area contributed by atoms with Crippen molar-refractivity contribution >= 4 is 28.3 Å². The Labute approximate surface area is 121 Å². The fourth-order valence-corrected chi connectivity index (χ4v) is 2.95. The van der Waals surface area contributed by atoms with Gasteiger partial charge in [0, 0.05) is 19.1 Å². The molecule has 1 rings (SSSR count). The Kier molecular flexibility index (Phi) is 6.26. The van der Waals surface area contributed by atoms with E-state index in [4.69, 9.17) is 5.73 Å². The fraction of sp³-hybridized carbons (Fsp3) is 0.909. The number of carbonyl (C=O) groups excluding carboxylic acids is 1. The Hall–Kier alpha value is -0.370. The third-order valence-electron chi connectivity index (χ3n) is 3.39. The first-order valence-electron chi connectivity index (χ1n) is 6.04. The second-order valence-electron chi connectivity index (χ2n) is 5.76. The number of sulfonamides is 1. The van der Waals surface area contributed by atoms with Gasteiger partial charge in [0.2, 0.25) is 15.9 Å². The van der Waals surface area contributed by atoms with E-state index in [0.717, 1.165) is 12.7 Å². The maximum Gasteiger partial charge on any atom is 0.240 e. The van der Waals surface area contributed by atoms with Gasteiger partial charge in [-0.25, -0.2) is 13.1 Å². The summed E-state index contributed by atoms with van der Waals surface area (Å²) in [5, 5.41) is 0. The van der Waals surface area contributed by atoms with Crippen LogP contribution in [0.5, 0.6) is 0 Å². The first-order valence-corrected chi connectivity index (χ1v) is 7.94. The summed E-state index contributed by atoms with van der Waals surface area (Å²) >= 11 is 0. The lowest BCUT2D eigenvalue weighted by atomic mass is 9.79. The quantitative estimate of drug-likeness (QED) is 0.763. The molecule has 0 radical (unpaired) electrons. The van der Waals surface area contributed by atoms with Crippen LogP contribution < -0.4 is 10.5 Å². The first-order chi connectivity index (χ1) is 8.03. The zero-order valence-electron chi connectivity index (χ0n) is 11.8. The highest BCUT2D eigenvalue weighted by atomic mass is 35.5. The smallest absolute Gasteiger partial charge is 0.240 e. The normalized spacial score (nSPS) is 24.5. The van der Waals surface area contributed by atoms with Crippen LogP contribution in [-0.2, 0) is 14.8 Å². The highest BCUT2D eigenvalue weighted by molar-refractivity contribution is 7.88. The summed E-state index contributed by atoms with van der Waals surface area (Å²) in [6.45, 7) is 6.74. The maximum atomic E-state index is 12.1. The molecule has 1 heterocycles. The Balaban J connectivity index is 0.00000324. The van der Waals surface area contributed by atoms with E-state index < -0.39 is 16.1 Å². The molecule has 1 amide bonds. The SMILES string of the molecule is CC(NS(C)(=O)=O)C(=O)N1CCC(N)C(C)(C)C1.Cl. The molecule has 0 aromatic carbocycles. The number of carbonyl (C=O) groups is 1. The summed E-state index contributed by atoms with van der Waals surface area (Å²) in [6, 6.07) is -0.662. The molecule has 3 N–H and O–H groups in total. The average molecular weight is 314 g/mol. The molecule has 8 heteroatoms. The van der Waals surface area contributed by atoms with Gasteiger partial charge < -0.3 is 10.6 Å². The van der Waals surface area contributed by atoms with E-state index in [9.17, 15) is 13.2 Å². The van der Waals surface area contributed by atoms with Crippen molar-refractivity contribution in [2.45, 2.75) is 39.3 Å². The van der Waals surface area contributed by atoms with Crippen molar-refractivity contribution in [3.8, 4) is 0 Å². The van der Waals surface area contributed by atoms with Gasteiger partial charge in [0.1, 0.15) is 0 Å². The number of hydrogen-bond acceptors (Lipinski definition) is 4. The summed E-state index contributed by atoms with van der Waals surface area (Å²) in [5.41, 5.74) is 5.86. The molecule has 1 aliphatic heterocycles. The summed E-state index contributed by atoms with van der Waals surface area (Å²) < 4.78 is 24.5. The van der Waals surface area contributed by atoms with Crippen LogP contribution in [-0.4, -0.2) is 50.7 Å². The van der Waals surface area contributed by atoms with E-state index in [1.54, 1.807) is 11.8 Å². The van der Waals surface area contributed by atoms with Gasteiger partial charge in [-0.15, -0.1) is 12.4 Å². The van der Waals surface area contributed by atoms with Crippen molar-refractivity contribution in [2.75, 3.05) is 19.3 Å². The number of nitrogens with zero attached hydrogens (tertiary/aromatic N) is 1. The molecule has 1 aliphatic rings. The van der Waals surface area contributed by atoms with Gasteiger partial charge in [-0.3, -0.25) is 4.79 Å². The zero-order valence-corrected chi connectivity index (χ0v) is 13.5. The van der Waals surface area contributed by atoms with Crippen LogP contribution in [0.15, 0.2) is 0 Å². The lowest BCUT2D eigenvalue weighted by Gasteiger charge is -2.43. The summed E-state index contributed by atoms with van der Waals surface area (Å²) in [7, 11) is -3.37. The van der Waals surface area contributed by atoms with Crippen LogP contribution in [0.1, 0.15) is 27.2 Å². The summed E-state index contributed by atoms with van der Waals surface area (Å²) in [5.74, 6) is -0.194. The largest absolute Gasteiger partial charge is 0.341 e. The number of nitrogens with one attached hydrogen (secondary N) is 1. The molecule has 0 spiro atoms. The lowest BCUT2D eigenvalue weighted by Crippen LogP contribution is -2.57. The molecule has 114 valence electrons. The topological polar surface area (TPSA) is 92.5 Å². The third-order valence-corrected chi connectivity index (χ3v) is 4.17. The van der Waals surface area contributed by atoms with Crippen LogP contribution in [0.4, 0.5) is 0 Å². The Bertz CT molecular complexity index is 425. The molecule has 1 saturated heterocycles. The van der Waals surface area contributed by atoms with E-state index in [1.165, 1.54) is 0 Å². The van der Waals surface area contributed by atoms with Crippen molar-refractivity contribution in [1.29, 1.82) is 0 Å². The number of nitrogens with two attached hydrogens (primary N) is 1. The van der Waals surface area contributed by atoms with Gasteiger partial charge >= 0.3 is 0 Å². The molecule has 0 aliphatic carbocycles. The molecule has 0 bridgehead atoms. The minimum atomic E-state index is -3.37. The molecule has 6 nitrogen and oxygen atoms in total. The predicted octanol–water partition coefficient (Wildman–Crippen LogP) is -0.0683. The molecule has 2 unspecified atom stereocenters. The first kappa shape index (κ1) is 18.6. The second kappa shape index (κ2) is 6.39. The predicted molar refractivity (Wildman–Crippen MR) is 77.6 cm³/mol. The highest BCUT2D eigenvalue weighted by Gasteiger charge is 2.36. The Morgan fingerprint density at radius 3 is 2.42 bits per heavy atom. The number of piperidine rings is 1. The molecule has 0 aromatic heterocycles. The Morgan fingerprint density at radius 2 is 2.00 bits per heavy atom. The van der Waals surface area contributed by atoms with Crippen molar-refractivity contribution < 1.29 is 13.2 Å². The van der Waals surface area contributed by atoms with Crippen LogP contribution in [0.25, 0.3) is 0 Å². The second-order valence-corrected chi connectivity index (χ2v) is 7.54. The van der Waals surface area contributed by atoms with Gasteiger partial charge in [-0.2, -0.15) is 0 Å². The molecule has 0 aromatic rings. The third kappa shape index (κ3) is 5.25. The van der Waals surface area contributed by atoms with Gasteiger partial charge in [0.15, 0.2) is 0 Å². The van der Waals surface area contributed by atoms with E-state index >= 15 is 0 Å². The number of rotatable bonds is 3. The monoisotopic (exact) mass is 313 g/mol. The van der Waals surface area contributed by atoms with Crippen molar-refractivity contribution in [3.05, 3.63) is 0 Å². The lowest BCUT2D eigenvalue weighted by molar-refractivity contribution is -0.136. The van der Waals surface area contributed by atoms with E-state index in [1.807, 2.05) is 13.8 Å². The van der Waals surface area contributed by atoms with Gasteiger partial charge in [-0.1, -0.05) is 13.8 Å². The van der Waals surface area contributed by atoms with Crippen LogP contribution in [0.2, 0.25) is 0 Å². The average Bonchev–Trinajstić information content (AvgIpc) is 2.18. The molecular formula is C11H24ClN3O3S. The van der Waals surface area contributed by atoms with E-state index in [2.05, 4.69) is 4.72 Å². The zero-order chi connectivity index (χ0) is 14.1. The molecule has 19 heavy (non-hydrogen) atoms. The minimum Gasteiger partial charge on any atom is -0.341 e. The fourth-order valence-electron chi connectivity index (χ4n) is 2.21. The standard InChI is InChI=1S/C11H23N3O3S.ClH/c1-8(13-18(4,16)17)10(15)14-6-5-9(12)11(2,3)7-14;/h8-9,13H,5-7,12H2,1-4H3;1H.